The van der Waals surface area contributed by atoms with Crippen LogP contribution in [0.5, 0.6) is 0 Å². The van der Waals surface area contributed by atoms with Crippen LogP contribution in [0.1, 0.15) is 11.1 Å². The summed E-state index contributed by atoms with van der Waals surface area (Å²) in [6.45, 7) is 0. The highest BCUT2D eigenvalue weighted by atomic mass is 79.9. The van der Waals surface area contributed by atoms with E-state index in [1.807, 2.05) is 41.2 Å². The molecule has 1 aliphatic rings. The Kier molecular flexibility index (Phi) is 4.02. The van der Waals surface area contributed by atoms with Crippen LogP contribution >= 0.6 is 15.9 Å². The fourth-order valence-corrected chi connectivity index (χ4v) is 5.05. The van der Waals surface area contributed by atoms with E-state index in [-0.39, 0.29) is 0 Å². The van der Waals surface area contributed by atoms with E-state index in [0.717, 1.165) is 55.5 Å². The van der Waals surface area contributed by atoms with Crippen LogP contribution in [0.15, 0.2) is 95.6 Å². The summed E-state index contributed by atoms with van der Waals surface area (Å²) >= 11 is 3.55. The lowest BCUT2D eigenvalue weighted by atomic mass is 10.1. The molecule has 3 heterocycles. The molecule has 0 saturated heterocycles. The quantitative estimate of drug-likeness (QED) is 0.264. The Morgan fingerprint density at radius 2 is 1.58 bits per heavy atom. The lowest BCUT2D eigenvalue weighted by Crippen LogP contribution is -1.97. The van der Waals surface area contributed by atoms with Gasteiger partial charge in [0.15, 0.2) is 5.65 Å². The number of halogens is 1. The molecule has 156 valence electrons. The Morgan fingerprint density at radius 3 is 2.42 bits per heavy atom. The van der Waals surface area contributed by atoms with E-state index in [2.05, 4.69) is 70.5 Å². The Hall–Kier alpha value is -3.83. The zero-order valence-electron chi connectivity index (χ0n) is 17.5. The van der Waals surface area contributed by atoms with E-state index in [1.54, 1.807) is 0 Å². The number of rotatable bonds is 2. The number of aromatic nitrogens is 4. The van der Waals surface area contributed by atoms with Crippen molar-refractivity contribution in [2.45, 2.75) is 6.42 Å². The number of hydrogen-bond acceptors (Lipinski definition) is 3. The molecule has 5 heteroatoms. The predicted octanol–water partition coefficient (Wildman–Crippen LogP) is 6.97. The Labute approximate surface area is 198 Å². The molecule has 4 nitrogen and oxygen atoms in total. The maximum Gasteiger partial charge on any atom is 0.165 e. The molecule has 6 aromatic rings. The van der Waals surface area contributed by atoms with Gasteiger partial charge in [-0.15, -0.1) is 0 Å². The SMILES string of the molecule is Brc1ccc(-c2nn(-c3ccccc3)c3ncc4cc5c(nc4c23)-c2ccccc2C5)cc1. The number of para-hydroxylation sites is 1. The average Bonchev–Trinajstić information content (AvgIpc) is 3.42. The van der Waals surface area contributed by atoms with Gasteiger partial charge in [0.05, 0.1) is 22.3 Å². The van der Waals surface area contributed by atoms with Gasteiger partial charge in [-0.1, -0.05) is 70.5 Å². The van der Waals surface area contributed by atoms with E-state index in [4.69, 9.17) is 15.1 Å². The lowest BCUT2D eigenvalue weighted by Gasteiger charge is -2.06. The van der Waals surface area contributed by atoms with Crippen molar-refractivity contribution in [3.05, 3.63) is 107 Å². The number of fused-ring (bicyclic) bond motifs is 6. The largest absolute Gasteiger partial charge is 0.247 e. The van der Waals surface area contributed by atoms with Gasteiger partial charge in [0.1, 0.15) is 5.69 Å². The van der Waals surface area contributed by atoms with Gasteiger partial charge in [-0.3, -0.25) is 0 Å². The van der Waals surface area contributed by atoms with Crippen molar-refractivity contribution in [2.75, 3.05) is 0 Å². The molecular weight excluding hydrogens is 472 g/mol. The highest BCUT2D eigenvalue weighted by Gasteiger charge is 2.23. The molecule has 0 radical (unpaired) electrons. The third kappa shape index (κ3) is 2.86. The summed E-state index contributed by atoms with van der Waals surface area (Å²) in [5.41, 5.74) is 9.52. The first-order valence-corrected chi connectivity index (χ1v) is 11.7. The van der Waals surface area contributed by atoms with Crippen molar-refractivity contribution in [2.24, 2.45) is 0 Å². The van der Waals surface area contributed by atoms with Crippen LogP contribution < -0.4 is 0 Å². The molecule has 0 bridgehead atoms. The van der Waals surface area contributed by atoms with Crippen LogP contribution in [0.3, 0.4) is 0 Å². The fraction of sp³-hybridized carbons (Fsp3) is 0.0357. The zero-order chi connectivity index (χ0) is 21.9. The van der Waals surface area contributed by atoms with E-state index < -0.39 is 0 Å². The van der Waals surface area contributed by atoms with Crippen molar-refractivity contribution in [1.29, 1.82) is 0 Å². The first kappa shape index (κ1) is 18.7. The molecule has 0 spiro atoms. The second kappa shape index (κ2) is 7.09. The zero-order valence-corrected chi connectivity index (χ0v) is 19.1. The molecule has 1 aliphatic carbocycles. The van der Waals surface area contributed by atoms with Crippen LogP contribution in [0.25, 0.3) is 50.1 Å². The van der Waals surface area contributed by atoms with Gasteiger partial charge in [0.2, 0.25) is 0 Å². The van der Waals surface area contributed by atoms with Gasteiger partial charge in [0.25, 0.3) is 0 Å². The van der Waals surface area contributed by atoms with Crippen molar-refractivity contribution in [3.8, 4) is 28.2 Å². The molecule has 0 fully saturated rings. The third-order valence-corrected chi connectivity index (χ3v) is 6.86. The topological polar surface area (TPSA) is 43.6 Å². The minimum Gasteiger partial charge on any atom is -0.247 e. The Bertz CT molecular complexity index is 1690. The first-order valence-electron chi connectivity index (χ1n) is 10.9. The smallest absolute Gasteiger partial charge is 0.165 e. The predicted molar refractivity (Wildman–Crippen MR) is 136 cm³/mol. The highest BCUT2D eigenvalue weighted by Crippen LogP contribution is 2.40. The van der Waals surface area contributed by atoms with Crippen LogP contribution in [-0.2, 0) is 6.42 Å². The molecular formula is C28H17BrN4. The third-order valence-electron chi connectivity index (χ3n) is 6.33. The van der Waals surface area contributed by atoms with Crippen LogP contribution in [0.4, 0.5) is 0 Å². The normalized spacial score (nSPS) is 12.3. The number of benzene rings is 3. The maximum absolute atomic E-state index is 5.23. The van der Waals surface area contributed by atoms with Gasteiger partial charge in [-0.25, -0.2) is 14.6 Å². The lowest BCUT2D eigenvalue weighted by molar-refractivity contribution is 0.901. The molecule has 0 unspecified atom stereocenters. The molecule has 0 amide bonds. The van der Waals surface area contributed by atoms with Crippen molar-refractivity contribution in [1.82, 2.24) is 19.7 Å². The molecule has 0 aliphatic heterocycles. The van der Waals surface area contributed by atoms with Crippen molar-refractivity contribution >= 4 is 37.9 Å². The number of pyridine rings is 2. The summed E-state index contributed by atoms with van der Waals surface area (Å²) < 4.78 is 2.96. The monoisotopic (exact) mass is 488 g/mol. The minimum atomic E-state index is 0.811. The standard InChI is InChI=1S/C28H17BrN4/c29-21-12-10-17(11-13-21)27-24-26-20(15-19-14-18-6-4-5-9-23(18)25(19)31-26)16-30-28(24)33(32-27)22-7-2-1-3-8-22/h1-13,15-16H,14H2. The molecule has 7 rings (SSSR count). The number of nitrogens with zero attached hydrogens (tertiary/aromatic N) is 4. The number of hydrogen-bond donors (Lipinski definition) is 0. The van der Waals surface area contributed by atoms with Gasteiger partial charge in [-0.05, 0) is 41.5 Å². The van der Waals surface area contributed by atoms with Crippen LogP contribution in [-0.4, -0.2) is 19.7 Å². The molecule has 3 aromatic carbocycles. The van der Waals surface area contributed by atoms with Gasteiger partial charge >= 0.3 is 0 Å². The summed E-state index contributed by atoms with van der Waals surface area (Å²) in [5.74, 6) is 0. The summed E-state index contributed by atoms with van der Waals surface area (Å²) in [5, 5.41) is 7.07. The van der Waals surface area contributed by atoms with Crippen LogP contribution in [0, 0.1) is 0 Å². The Balaban J connectivity index is 1.59. The fourth-order valence-electron chi connectivity index (χ4n) is 4.79. The van der Waals surface area contributed by atoms with Crippen LogP contribution in [0.2, 0.25) is 0 Å². The summed E-state index contributed by atoms with van der Waals surface area (Å²) in [6, 6.07) is 29.2. The Morgan fingerprint density at radius 1 is 0.788 bits per heavy atom. The van der Waals surface area contributed by atoms with Gasteiger partial charge in [-0.2, -0.15) is 5.10 Å². The van der Waals surface area contributed by atoms with Crippen molar-refractivity contribution in [3.63, 3.8) is 0 Å². The molecule has 3 aromatic heterocycles. The summed E-state index contributed by atoms with van der Waals surface area (Å²) in [4.78, 5) is 10.1. The van der Waals surface area contributed by atoms with Crippen molar-refractivity contribution < 1.29 is 0 Å². The molecule has 33 heavy (non-hydrogen) atoms. The second-order valence-electron chi connectivity index (χ2n) is 8.33. The summed E-state index contributed by atoms with van der Waals surface area (Å²) in [7, 11) is 0. The highest BCUT2D eigenvalue weighted by molar-refractivity contribution is 9.10. The molecule has 0 N–H and O–H groups in total. The van der Waals surface area contributed by atoms with E-state index >= 15 is 0 Å². The van der Waals surface area contributed by atoms with E-state index in [9.17, 15) is 0 Å². The molecule has 0 atom stereocenters. The first-order chi connectivity index (χ1) is 16.3. The van der Waals surface area contributed by atoms with E-state index in [1.165, 1.54) is 16.7 Å². The molecule has 0 saturated carbocycles. The second-order valence-corrected chi connectivity index (χ2v) is 9.24. The average molecular weight is 489 g/mol. The maximum atomic E-state index is 5.23. The minimum absolute atomic E-state index is 0.811. The van der Waals surface area contributed by atoms with E-state index in [0.29, 0.717) is 0 Å². The summed E-state index contributed by atoms with van der Waals surface area (Å²) in [6.07, 6.45) is 2.84. The van der Waals surface area contributed by atoms with Gasteiger partial charge < -0.3 is 0 Å². The van der Waals surface area contributed by atoms with Gasteiger partial charge in [0, 0.05) is 33.6 Å².